The van der Waals surface area contributed by atoms with Crippen molar-refractivity contribution in [3.63, 3.8) is 0 Å². The van der Waals surface area contributed by atoms with E-state index in [1.807, 2.05) is 0 Å². The molecule has 4 nitrogen and oxygen atoms in total. The normalized spacial score (nSPS) is 24.0. The van der Waals surface area contributed by atoms with E-state index in [2.05, 4.69) is 61.8 Å². The van der Waals surface area contributed by atoms with Crippen LogP contribution in [0.2, 0.25) is 0 Å². The minimum atomic E-state index is -0.0369. The van der Waals surface area contributed by atoms with Crippen molar-refractivity contribution in [2.45, 2.75) is 52.6 Å². The third kappa shape index (κ3) is 4.17. The lowest BCUT2D eigenvalue weighted by molar-refractivity contribution is -0.142. The first-order chi connectivity index (χ1) is 11.9. The third-order valence-corrected chi connectivity index (χ3v) is 5.72. The predicted molar refractivity (Wildman–Crippen MR) is 102 cm³/mol. The Morgan fingerprint density at radius 2 is 1.84 bits per heavy atom. The highest BCUT2D eigenvalue weighted by Crippen LogP contribution is 2.36. The summed E-state index contributed by atoms with van der Waals surface area (Å²) in [5, 5.41) is 0. The molecule has 0 aliphatic carbocycles. The van der Waals surface area contributed by atoms with Crippen molar-refractivity contribution in [1.82, 2.24) is 4.90 Å². The van der Waals surface area contributed by atoms with E-state index in [-0.39, 0.29) is 17.5 Å². The molecule has 0 N–H and O–H groups in total. The summed E-state index contributed by atoms with van der Waals surface area (Å²) in [4.78, 5) is 16.6. The first-order valence-corrected chi connectivity index (χ1v) is 9.62. The van der Waals surface area contributed by atoms with Crippen LogP contribution in [0.1, 0.15) is 52.0 Å². The maximum Gasteiger partial charge on any atom is 0.306 e. The van der Waals surface area contributed by atoms with Gasteiger partial charge in [0.2, 0.25) is 0 Å². The average Bonchev–Trinajstić information content (AvgIpc) is 2.85. The van der Waals surface area contributed by atoms with Crippen LogP contribution in [-0.4, -0.2) is 49.7 Å². The molecule has 2 aliphatic rings. The van der Waals surface area contributed by atoms with Gasteiger partial charge in [-0.15, -0.1) is 0 Å². The number of esters is 1. The molecule has 1 atom stereocenters. The highest BCUT2D eigenvalue weighted by Gasteiger charge is 2.41. The number of rotatable bonds is 5. The first kappa shape index (κ1) is 18.2. The monoisotopic (exact) mass is 344 g/mol. The molecule has 2 fully saturated rings. The van der Waals surface area contributed by atoms with Gasteiger partial charge in [0.1, 0.15) is 6.10 Å². The van der Waals surface area contributed by atoms with Gasteiger partial charge in [-0.3, -0.25) is 9.69 Å². The number of anilines is 1. The van der Waals surface area contributed by atoms with Crippen molar-refractivity contribution in [1.29, 1.82) is 0 Å². The summed E-state index contributed by atoms with van der Waals surface area (Å²) in [5.41, 5.74) is 2.81. The van der Waals surface area contributed by atoms with Crippen LogP contribution in [0.15, 0.2) is 24.3 Å². The van der Waals surface area contributed by atoms with Crippen molar-refractivity contribution in [3.8, 4) is 0 Å². The van der Waals surface area contributed by atoms with Gasteiger partial charge in [-0.05, 0) is 24.0 Å². The molecule has 3 rings (SSSR count). The Labute approximate surface area is 152 Å². The second-order valence-corrected chi connectivity index (χ2v) is 8.47. The summed E-state index contributed by atoms with van der Waals surface area (Å²) in [6.45, 7) is 14.1. The maximum atomic E-state index is 11.6. The van der Waals surface area contributed by atoms with Crippen LogP contribution in [0.5, 0.6) is 0 Å². The fourth-order valence-electron chi connectivity index (χ4n) is 4.07. The van der Waals surface area contributed by atoms with Gasteiger partial charge in [0.15, 0.2) is 0 Å². The Morgan fingerprint density at radius 3 is 2.44 bits per heavy atom. The Kier molecular flexibility index (Phi) is 5.38. The van der Waals surface area contributed by atoms with Crippen molar-refractivity contribution in [2.24, 2.45) is 5.41 Å². The molecular weight excluding hydrogens is 312 g/mol. The zero-order chi connectivity index (χ0) is 18.0. The standard InChI is InChI=1S/C21H32N2O2/c1-16(2)17-7-5-6-8-18(17)23-13-11-22(12-14-23)10-9-19-21(3,4)15-20(24)25-19/h5-8,16,19H,9-15H2,1-4H3. The maximum absolute atomic E-state index is 11.6. The van der Waals surface area contributed by atoms with Crippen LogP contribution in [0.25, 0.3) is 0 Å². The fourth-order valence-corrected chi connectivity index (χ4v) is 4.07. The average molecular weight is 344 g/mol. The molecule has 138 valence electrons. The minimum absolute atomic E-state index is 0.0187. The molecule has 1 aromatic carbocycles. The van der Waals surface area contributed by atoms with Crippen molar-refractivity contribution in [2.75, 3.05) is 37.6 Å². The van der Waals surface area contributed by atoms with Crippen molar-refractivity contribution >= 4 is 11.7 Å². The zero-order valence-corrected chi connectivity index (χ0v) is 16.1. The van der Waals surface area contributed by atoms with Gasteiger partial charge in [0.25, 0.3) is 0 Å². The molecule has 0 radical (unpaired) electrons. The molecule has 25 heavy (non-hydrogen) atoms. The largest absolute Gasteiger partial charge is 0.462 e. The number of cyclic esters (lactones) is 1. The lowest BCUT2D eigenvalue weighted by atomic mass is 9.84. The van der Waals surface area contributed by atoms with E-state index < -0.39 is 0 Å². The molecule has 0 amide bonds. The molecule has 1 aromatic rings. The van der Waals surface area contributed by atoms with Crippen molar-refractivity contribution < 1.29 is 9.53 Å². The van der Waals surface area contributed by atoms with Crippen LogP contribution in [0, 0.1) is 5.41 Å². The lowest BCUT2D eigenvalue weighted by Gasteiger charge is -2.38. The summed E-state index contributed by atoms with van der Waals surface area (Å²) in [7, 11) is 0. The number of para-hydroxylation sites is 1. The molecule has 4 heteroatoms. The second kappa shape index (κ2) is 7.36. The van der Waals surface area contributed by atoms with Gasteiger partial charge < -0.3 is 9.64 Å². The highest BCUT2D eigenvalue weighted by molar-refractivity contribution is 5.72. The molecule has 2 aliphatic heterocycles. The molecule has 0 aromatic heterocycles. The molecule has 0 bridgehead atoms. The van der Waals surface area contributed by atoms with Gasteiger partial charge in [-0.2, -0.15) is 0 Å². The van der Waals surface area contributed by atoms with Crippen LogP contribution in [-0.2, 0) is 9.53 Å². The summed E-state index contributed by atoms with van der Waals surface area (Å²) in [5.74, 6) is 0.513. The number of carbonyl (C=O) groups is 1. The third-order valence-electron chi connectivity index (χ3n) is 5.72. The van der Waals surface area contributed by atoms with E-state index >= 15 is 0 Å². The van der Waals surface area contributed by atoms with Crippen LogP contribution in [0.3, 0.4) is 0 Å². The van der Waals surface area contributed by atoms with Gasteiger partial charge in [0.05, 0.1) is 6.42 Å². The number of piperazine rings is 1. The number of ether oxygens (including phenoxy) is 1. The number of hydrogen-bond donors (Lipinski definition) is 0. The molecule has 2 saturated heterocycles. The lowest BCUT2D eigenvalue weighted by Crippen LogP contribution is -2.47. The quantitative estimate of drug-likeness (QED) is 0.763. The number of hydrogen-bond acceptors (Lipinski definition) is 4. The Hall–Kier alpha value is -1.55. The molecule has 2 heterocycles. The summed E-state index contributed by atoms with van der Waals surface area (Å²) in [6, 6.07) is 8.79. The SMILES string of the molecule is CC(C)c1ccccc1N1CCN(CCC2OC(=O)CC2(C)C)CC1. The molecule has 1 unspecified atom stereocenters. The molecule has 0 saturated carbocycles. The highest BCUT2D eigenvalue weighted by atomic mass is 16.6. The Morgan fingerprint density at radius 1 is 1.16 bits per heavy atom. The molecule has 0 spiro atoms. The Balaban J connectivity index is 1.52. The van der Waals surface area contributed by atoms with E-state index in [9.17, 15) is 4.79 Å². The van der Waals surface area contributed by atoms with Crippen LogP contribution < -0.4 is 4.90 Å². The molecular formula is C21H32N2O2. The summed E-state index contributed by atoms with van der Waals surface area (Å²) < 4.78 is 5.52. The Bertz CT molecular complexity index is 604. The van der Waals surface area contributed by atoms with Gasteiger partial charge in [0, 0.05) is 43.8 Å². The van der Waals surface area contributed by atoms with Crippen LogP contribution >= 0.6 is 0 Å². The smallest absolute Gasteiger partial charge is 0.306 e. The number of benzene rings is 1. The van der Waals surface area contributed by atoms with Crippen molar-refractivity contribution in [3.05, 3.63) is 29.8 Å². The van der Waals surface area contributed by atoms with E-state index in [4.69, 9.17) is 4.74 Å². The van der Waals surface area contributed by atoms with Gasteiger partial charge in [-0.25, -0.2) is 0 Å². The summed E-state index contributed by atoms with van der Waals surface area (Å²) in [6.07, 6.45) is 1.57. The fraction of sp³-hybridized carbons (Fsp3) is 0.667. The van der Waals surface area contributed by atoms with E-state index in [0.29, 0.717) is 12.3 Å². The van der Waals surface area contributed by atoms with E-state index in [1.54, 1.807) is 0 Å². The predicted octanol–water partition coefficient (Wildman–Crippen LogP) is 3.66. The van der Waals surface area contributed by atoms with Gasteiger partial charge >= 0.3 is 5.97 Å². The van der Waals surface area contributed by atoms with Crippen LogP contribution in [0.4, 0.5) is 5.69 Å². The topological polar surface area (TPSA) is 32.8 Å². The minimum Gasteiger partial charge on any atom is -0.462 e. The van der Waals surface area contributed by atoms with E-state index in [0.717, 1.165) is 39.1 Å². The number of carbonyl (C=O) groups excluding carboxylic acids is 1. The number of nitrogens with zero attached hydrogens (tertiary/aromatic N) is 2. The van der Waals surface area contributed by atoms with Gasteiger partial charge in [-0.1, -0.05) is 45.9 Å². The first-order valence-electron chi connectivity index (χ1n) is 9.62. The summed E-state index contributed by atoms with van der Waals surface area (Å²) >= 11 is 0. The second-order valence-electron chi connectivity index (χ2n) is 8.47. The van der Waals surface area contributed by atoms with E-state index in [1.165, 1.54) is 11.3 Å². The zero-order valence-electron chi connectivity index (χ0n) is 16.1.